The summed E-state index contributed by atoms with van der Waals surface area (Å²) in [4.78, 5) is 5.56. The van der Waals surface area contributed by atoms with Crippen LogP contribution in [0.15, 0.2) is 12.3 Å². The second kappa shape index (κ2) is 7.45. The standard InChI is InChI=1S/C22H32N4O2S/c1-3-18-10-19-20(29-18)4-9-28-22(19)7-8-25(16(2)11-22)12-17-13-26(24-23-17)14-21(15-27)5-6-21/h10,13,16,27H,3-9,11-12,14-15H2,1-2H3/t16-,22+/m0/s1. The van der Waals surface area contributed by atoms with Crippen LogP contribution in [-0.4, -0.2) is 50.8 Å². The van der Waals surface area contributed by atoms with Gasteiger partial charge in [-0.2, -0.15) is 0 Å². The highest BCUT2D eigenvalue weighted by atomic mass is 32.1. The van der Waals surface area contributed by atoms with E-state index in [1.165, 1.54) is 10.4 Å². The number of ether oxygens (including phenoxy) is 1. The van der Waals surface area contributed by atoms with Gasteiger partial charge in [-0.15, -0.1) is 16.4 Å². The Morgan fingerprint density at radius 2 is 2.21 bits per heavy atom. The van der Waals surface area contributed by atoms with E-state index in [4.69, 9.17) is 4.74 Å². The number of hydrogen-bond acceptors (Lipinski definition) is 6. The fourth-order valence-electron chi connectivity index (χ4n) is 5.09. The van der Waals surface area contributed by atoms with Crippen LogP contribution in [0.5, 0.6) is 0 Å². The maximum absolute atomic E-state index is 9.55. The van der Waals surface area contributed by atoms with Gasteiger partial charge in [-0.05, 0) is 50.7 Å². The van der Waals surface area contributed by atoms with E-state index in [1.807, 2.05) is 16.0 Å². The molecule has 1 spiro atoms. The van der Waals surface area contributed by atoms with Crippen molar-refractivity contribution in [1.29, 1.82) is 0 Å². The average Bonchev–Trinajstić information content (AvgIpc) is 3.14. The summed E-state index contributed by atoms with van der Waals surface area (Å²) >= 11 is 1.99. The first-order chi connectivity index (χ1) is 14.0. The van der Waals surface area contributed by atoms with Crippen molar-refractivity contribution in [2.75, 3.05) is 19.8 Å². The van der Waals surface area contributed by atoms with Crippen LogP contribution in [0, 0.1) is 5.41 Å². The van der Waals surface area contributed by atoms with Gasteiger partial charge in [0.1, 0.15) is 0 Å². The minimum Gasteiger partial charge on any atom is -0.396 e. The molecular formula is C22H32N4O2S. The lowest BCUT2D eigenvalue weighted by Crippen LogP contribution is -2.50. The molecule has 0 amide bonds. The maximum Gasteiger partial charge on any atom is 0.0969 e. The van der Waals surface area contributed by atoms with Crippen molar-refractivity contribution in [1.82, 2.24) is 19.9 Å². The summed E-state index contributed by atoms with van der Waals surface area (Å²) in [7, 11) is 0. The van der Waals surface area contributed by atoms with E-state index in [0.29, 0.717) is 6.04 Å². The summed E-state index contributed by atoms with van der Waals surface area (Å²) in [5.41, 5.74) is 2.46. The van der Waals surface area contributed by atoms with Crippen LogP contribution in [0.3, 0.4) is 0 Å². The van der Waals surface area contributed by atoms with Gasteiger partial charge in [0.2, 0.25) is 0 Å². The molecule has 7 heteroatoms. The van der Waals surface area contributed by atoms with Crippen LogP contribution in [0.1, 0.15) is 60.5 Å². The van der Waals surface area contributed by atoms with Crippen molar-refractivity contribution in [2.24, 2.45) is 5.41 Å². The third-order valence-corrected chi connectivity index (χ3v) is 8.54. The highest BCUT2D eigenvalue weighted by molar-refractivity contribution is 7.12. The van der Waals surface area contributed by atoms with Crippen molar-refractivity contribution in [2.45, 2.75) is 77.1 Å². The van der Waals surface area contributed by atoms with E-state index in [-0.39, 0.29) is 17.6 Å². The molecule has 0 bridgehead atoms. The SMILES string of the molecule is CCc1cc2c(s1)CCO[C@@]21CCN(Cc2cn(CC3(CO)CC3)nn2)[C@@H](C)C1. The van der Waals surface area contributed by atoms with Gasteiger partial charge in [0, 0.05) is 46.9 Å². The Bertz CT molecular complexity index is 874. The van der Waals surface area contributed by atoms with Gasteiger partial charge >= 0.3 is 0 Å². The van der Waals surface area contributed by atoms with Gasteiger partial charge < -0.3 is 9.84 Å². The molecule has 1 saturated heterocycles. The van der Waals surface area contributed by atoms with Crippen molar-refractivity contribution in [3.8, 4) is 0 Å². The van der Waals surface area contributed by atoms with E-state index in [0.717, 1.165) is 70.5 Å². The summed E-state index contributed by atoms with van der Waals surface area (Å²) in [5, 5.41) is 18.3. The summed E-state index contributed by atoms with van der Waals surface area (Å²) in [6, 6.07) is 2.86. The lowest BCUT2D eigenvalue weighted by atomic mass is 9.79. The number of thiophene rings is 1. The lowest BCUT2D eigenvalue weighted by molar-refractivity contribution is -0.112. The molecule has 2 aromatic heterocycles. The molecule has 3 aliphatic rings. The number of nitrogens with zero attached hydrogens (tertiary/aromatic N) is 4. The molecule has 2 aliphatic heterocycles. The smallest absolute Gasteiger partial charge is 0.0969 e. The zero-order chi connectivity index (χ0) is 20.1. The average molecular weight is 417 g/mol. The largest absolute Gasteiger partial charge is 0.396 e. The summed E-state index contributed by atoms with van der Waals surface area (Å²) in [5.74, 6) is 0. The first-order valence-electron chi connectivity index (χ1n) is 11.0. The molecule has 1 aliphatic carbocycles. The number of rotatable bonds is 6. The Morgan fingerprint density at radius 3 is 2.93 bits per heavy atom. The van der Waals surface area contributed by atoms with Crippen LogP contribution in [0.4, 0.5) is 0 Å². The minimum atomic E-state index is -0.0927. The molecule has 2 atom stereocenters. The van der Waals surface area contributed by atoms with E-state index in [2.05, 4.69) is 41.3 Å². The van der Waals surface area contributed by atoms with Crippen LogP contribution in [-0.2, 0) is 36.3 Å². The molecule has 1 saturated carbocycles. The monoisotopic (exact) mass is 416 g/mol. The number of aromatic nitrogens is 3. The van der Waals surface area contributed by atoms with Gasteiger partial charge in [0.05, 0.1) is 31.1 Å². The number of aliphatic hydroxyl groups excluding tert-OH is 1. The predicted molar refractivity (Wildman–Crippen MR) is 113 cm³/mol. The van der Waals surface area contributed by atoms with Crippen LogP contribution < -0.4 is 0 Å². The van der Waals surface area contributed by atoms with Gasteiger partial charge in [0.15, 0.2) is 0 Å². The van der Waals surface area contributed by atoms with Gasteiger partial charge in [0.25, 0.3) is 0 Å². The molecule has 5 rings (SSSR count). The molecule has 0 unspecified atom stereocenters. The molecule has 6 nitrogen and oxygen atoms in total. The lowest BCUT2D eigenvalue weighted by Gasteiger charge is -2.47. The minimum absolute atomic E-state index is 0.0592. The Hall–Kier alpha value is -1.28. The van der Waals surface area contributed by atoms with Crippen LogP contribution in [0.25, 0.3) is 0 Å². The number of likely N-dealkylation sites (tertiary alicyclic amines) is 1. The number of hydrogen-bond donors (Lipinski definition) is 1. The third-order valence-electron chi connectivity index (χ3n) is 7.20. The molecule has 2 aromatic rings. The number of aliphatic hydroxyl groups is 1. The number of piperidine rings is 1. The van der Waals surface area contributed by atoms with Gasteiger partial charge in [-0.1, -0.05) is 12.1 Å². The highest BCUT2D eigenvalue weighted by Crippen LogP contribution is 2.47. The zero-order valence-electron chi connectivity index (χ0n) is 17.6. The normalized spacial score (nSPS) is 28.6. The maximum atomic E-state index is 9.55. The topological polar surface area (TPSA) is 63.4 Å². The van der Waals surface area contributed by atoms with Crippen LogP contribution >= 0.6 is 11.3 Å². The number of aryl methyl sites for hydroxylation is 1. The summed E-state index contributed by atoms with van der Waals surface area (Å²) in [6.07, 6.45) is 8.52. The predicted octanol–water partition coefficient (Wildman–Crippen LogP) is 3.13. The summed E-state index contributed by atoms with van der Waals surface area (Å²) < 4.78 is 8.38. The molecule has 0 radical (unpaired) electrons. The van der Waals surface area contributed by atoms with Crippen LogP contribution in [0.2, 0.25) is 0 Å². The Kier molecular flexibility index (Phi) is 5.05. The van der Waals surface area contributed by atoms with E-state index >= 15 is 0 Å². The van der Waals surface area contributed by atoms with Crippen molar-refractivity contribution in [3.63, 3.8) is 0 Å². The first-order valence-corrected chi connectivity index (χ1v) is 11.9. The fraction of sp³-hybridized carbons (Fsp3) is 0.727. The van der Waals surface area contributed by atoms with Gasteiger partial charge in [-0.25, -0.2) is 0 Å². The molecule has 4 heterocycles. The Labute approximate surface area is 176 Å². The molecule has 2 fully saturated rings. The molecule has 158 valence electrons. The molecule has 1 N–H and O–H groups in total. The second-order valence-electron chi connectivity index (χ2n) is 9.34. The highest BCUT2D eigenvalue weighted by Gasteiger charge is 2.45. The van der Waals surface area contributed by atoms with E-state index < -0.39 is 0 Å². The zero-order valence-corrected chi connectivity index (χ0v) is 18.4. The van der Waals surface area contributed by atoms with Crippen molar-refractivity contribution in [3.05, 3.63) is 33.3 Å². The molecule has 29 heavy (non-hydrogen) atoms. The molecule has 0 aromatic carbocycles. The first kappa shape index (κ1) is 19.7. The van der Waals surface area contributed by atoms with E-state index in [9.17, 15) is 5.11 Å². The van der Waals surface area contributed by atoms with Gasteiger partial charge in [-0.3, -0.25) is 9.58 Å². The van der Waals surface area contributed by atoms with Crippen molar-refractivity contribution < 1.29 is 9.84 Å². The van der Waals surface area contributed by atoms with Crippen molar-refractivity contribution >= 4 is 11.3 Å². The Morgan fingerprint density at radius 1 is 1.34 bits per heavy atom. The number of fused-ring (bicyclic) bond motifs is 2. The second-order valence-corrected chi connectivity index (χ2v) is 10.6. The quantitative estimate of drug-likeness (QED) is 0.784. The fourth-order valence-corrected chi connectivity index (χ4v) is 6.27. The Balaban J connectivity index is 1.26. The molecular weight excluding hydrogens is 384 g/mol. The summed E-state index contributed by atoms with van der Waals surface area (Å²) in [6.45, 7) is 8.30. The third kappa shape index (κ3) is 3.67. The van der Waals surface area contributed by atoms with E-state index in [1.54, 1.807) is 4.88 Å².